The van der Waals surface area contributed by atoms with E-state index in [4.69, 9.17) is 4.74 Å². The molecule has 3 rings (SSSR count). The van der Waals surface area contributed by atoms with Crippen molar-refractivity contribution >= 4 is 16.6 Å². The number of anilines is 1. The lowest BCUT2D eigenvalue weighted by molar-refractivity contribution is 0.414. The van der Waals surface area contributed by atoms with E-state index >= 15 is 0 Å². The number of pyridine rings is 1. The van der Waals surface area contributed by atoms with Crippen LogP contribution in [0.2, 0.25) is 0 Å². The number of nitrogens with one attached hydrogen (secondary N) is 1. The van der Waals surface area contributed by atoms with Gasteiger partial charge in [-0.2, -0.15) is 0 Å². The van der Waals surface area contributed by atoms with Crippen LogP contribution < -0.4 is 10.1 Å². The SMILES string of the molecule is COc1ccc(C(C)Nc2ccc3ncccc3c2)cc1. The van der Waals surface area contributed by atoms with Gasteiger partial charge in [0.05, 0.1) is 12.6 Å². The summed E-state index contributed by atoms with van der Waals surface area (Å²) in [5.74, 6) is 0.878. The first kappa shape index (κ1) is 13.4. The van der Waals surface area contributed by atoms with Crippen molar-refractivity contribution < 1.29 is 4.74 Å². The number of fused-ring (bicyclic) bond motifs is 1. The molecule has 106 valence electrons. The maximum absolute atomic E-state index is 5.19. The third-order valence-corrected chi connectivity index (χ3v) is 3.60. The molecule has 0 saturated heterocycles. The highest BCUT2D eigenvalue weighted by Gasteiger charge is 2.06. The van der Waals surface area contributed by atoms with Crippen molar-refractivity contribution in [3.05, 3.63) is 66.4 Å². The highest BCUT2D eigenvalue weighted by Crippen LogP contribution is 2.23. The van der Waals surface area contributed by atoms with Crippen LogP contribution in [0.15, 0.2) is 60.8 Å². The molecule has 1 heterocycles. The van der Waals surface area contributed by atoms with Crippen LogP contribution in [-0.4, -0.2) is 12.1 Å². The van der Waals surface area contributed by atoms with Gasteiger partial charge in [-0.3, -0.25) is 4.98 Å². The lowest BCUT2D eigenvalue weighted by atomic mass is 10.1. The lowest BCUT2D eigenvalue weighted by Gasteiger charge is -2.16. The Hall–Kier alpha value is -2.55. The van der Waals surface area contributed by atoms with Crippen molar-refractivity contribution in [3.63, 3.8) is 0 Å². The molecular weight excluding hydrogens is 260 g/mol. The number of ether oxygens (including phenoxy) is 1. The third-order valence-electron chi connectivity index (χ3n) is 3.60. The molecule has 1 unspecified atom stereocenters. The molecule has 0 amide bonds. The van der Waals surface area contributed by atoms with Crippen molar-refractivity contribution in [2.24, 2.45) is 0 Å². The fourth-order valence-electron chi connectivity index (χ4n) is 2.39. The van der Waals surface area contributed by atoms with Crippen molar-refractivity contribution in [2.75, 3.05) is 12.4 Å². The molecule has 1 atom stereocenters. The van der Waals surface area contributed by atoms with Crippen molar-refractivity contribution in [1.82, 2.24) is 4.98 Å². The smallest absolute Gasteiger partial charge is 0.118 e. The Labute approximate surface area is 124 Å². The molecule has 0 saturated carbocycles. The van der Waals surface area contributed by atoms with Crippen LogP contribution in [0.3, 0.4) is 0 Å². The Kier molecular flexibility index (Phi) is 3.73. The Balaban J connectivity index is 1.79. The molecule has 21 heavy (non-hydrogen) atoms. The van der Waals surface area contributed by atoms with E-state index < -0.39 is 0 Å². The topological polar surface area (TPSA) is 34.1 Å². The van der Waals surface area contributed by atoms with Gasteiger partial charge in [-0.1, -0.05) is 18.2 Å². The molecule has 0 aliphatic rings. The van der Waals surface area contributed by atoms with Crippen molar-refractivity contribution in [2.45, 2.75) is 13.0 Å². The maximum Gasteiger partial charge on any atom is 0.118 e. The Morgan fingerprint density at radius 2 is 1.86 bits per heavy atom. The van der Waals surface area contributed by atoms with E-state index in [1.165, 1.54) is 5.56 Å². The molecule has 3 heteroatoms. The molecule has 0 aliphatic heterocycles. The monoisotopic (exact) mass is 278 g/mol. The minimum Gasteiger partial charge on any atom is -0.497 e. The summed E-state index contributed by atoms with van der Waals surface area (Å²) in [5, 5.41) is 4.66. The molecule has 0 radical (unpaired) electrons. The summed E-state index contributed by atoms with van der Waals surface area (Å²) in [6.07, 6.45) is 1.81. The van der Waals surface area contributed by atoms with Gasteiger partial charge in [0, 0.05) is 23.3 Å². The van der Waals surface area contributed by atoms with Gasteiger partial charge in [0.2, 0.25) is 0 Å². The highest BCUT2D eigenvalue weighted by molar-refractivity contribution is 5.82. The van der Waals surface area contributed by atoms with Gasteiger partial charge in [-0.05, 0) is 48.9 Å². The van der Waals surface area contributed by atoms with Gasteiger partial charge in [0.1, 0.15) is 5.75 Å². The van der Waals surface area contributed by atoms with E-state index in [2.05, 4.69) is 47.6 Å². The molecule has 0 fully saturated rings. The second kappa shape index (κ2) is 5.83. The average Bonchev–Trinajstić information content (AvgIpc) is 2.55. The molecule has 0 bridgehead atoms. The molecule has 0 aliphatic carbocycles. The number of methoxy groups -OCH3 is 1. The van der Waals surface area contributed by atoms with E-state index in [1.54, 1.807) is 7.11 Å². The van der Waals surface area contributed by atoms with Crippen molar-refractivity contribution in [3.8, 4) is 5.75 Å². The Bertz CT molecular complexity index is 738. The fourth-order valence-corrected chi connectivity index (χ4v) is 2.39. The Morgan fingerprint density at radius 1 is 1.05 bits per heavy atom. The van der Waals surface area contributed by atoms with Crippen LogP contribution in [0, 0.1) is 0 Å². The van der Waals surface area contributed by atoms with Crippen LogP contribution >= 0.6 is 0 Å². The summed E-state index contributed by atoms with van der Waals surface area (Å²) in [6, 6.07) is 18.6. The van der Waals surface area contributed by atoms with Gasteiger partial charge in [-0.25, -0.2) is 0 Å². The molecule has 3 nitrogen and oxygen atoms in total. The minimum absolute atomic E-state index is 0.227. The number of nitrogens with zero attached hydrogens (tertiary/aromatic N) is 1. The summed E-state index contributed by atoms with van der Waals surface area (Å²) < 4.78 is 5.19. The van der Waals surface area contributed by atoms with Crippen LogP contribution in [0.4, 0.5) is 5.69 Å². The predicted molar refractivity (Wildman–Crippen MR) is 86.8 cm³/mol. The summed E-state index contributed by atoms with van der Waals surface area (Å²) in [5.41, 5.74) is 3.33. The summed E-state index contributed by atoms with van der Waals surface area (Å²) in [6.45, 7) is 2.15. The van der Waals surface area contributed by atoms with Crippen molar-refractivity contribution in [1.29, 1.82) is 0 Å². The molecule has 2 aromatic carbocycles. The first-order valence-electron chi connectivity index (χ1n) is 7.01. The van der Waals surface area contributed by atoms with Gasteiger partial charge in [0.25, 0.3) is 0 Å². The zero-order chi connectivity index (χ0) is 14.7. The predicted octanol–water partition coefficient (Wildman–Crippen LogP) is 4.42. The van der Waals surface area contributed by atoms with Crippen LogP contribution in [0.1, 0.15) is 18.5 Å². The normalized spacial score (nSPS) is 12.1. The van der Waals surface area contributed by atoms with E-state index in [1.807, 2.05) is 30.5 Å². The van der Waals surface area contributed by atoms with Crippen LogP contribution in [-0.2, 0) is 0 Å². The maximum atomic E-state index is 5.19. The number of hydrogen-bond donors (Lipinski definition) is 1. The molecule has 3 aromatic rings. The molecular formula is C18H18N2O. The number of benzene rings is 2. The zero-order valence-electron chi connectivity index (χ0n) is 12.2. The molecule has 1 N–H and O–H groups in total. The molecule has 0 spiro atoms. The summed E-state index contributed by atoms with van der Waals surface area (Å²) in [4.78, 5) is 4.34. The van der Waals surface area contributed by atoms with Crippen LogP contribution in [0.5, 0.6) is 5.75 Å². The first-order chi connectivity index (χ1) is 10.3. The summed E-state index contributed by atoms with van der Waals surface area (Å²) >= 11 is 0. The van der Waals surface area contributed by atoms with Gasteiger partial charge in [0.15, 0.2) is 0 Å². The zero-order valence-corrected chi connectivity index (χ0v) is 12.2. The first-order valence-corrected chi connectivity index (χ1v) is 7.01. The average molecular weight is 278 g/mol. The highest BCUT2D eigenvalue weighted by atomic mass is 16.5. The van der Waals surface area contributed by atoms with E-state index in [0.29, 0.717) is 0 Å². The van der Waals surface area contributed by atoms with E-state index in [-0.39, 0.29) is 6.04 Å². The quantitative estimate of drug-likeness (QED) is 0.767. The third kappa shape index (κ3) is 2.97. The van der Waals surface area contributed by atoms with E-state index in [0.717, 1.165) is 22.3 Å². The van der Waals surface area contributed by atoms with Crippen LogP contribution in [0.25, 0.3) is 10.9 Å². The number of rotatable bonds is 4. The largest absolute Gasteiger partial charge is 0.497 e. The number of aromatic nitrogens is 1. The van der Waals surface area contributed by atoms with E-state index in [9.17, 15) is 0 Å². The van der Waals surface area contributed by atoms with Gasteiger partial charge < -0.3 is 10.1 Å². The van der Waals surface area contributed by atoms with Gasteiger partial charge >= 0.3 is 0 Å². The minimum atomic E-state index is 0.227. The fraction of sp³-hybridized carbons (Fsp3) is 0.167. The number of hydrogen-bond acceptors (Lipinski definition) is 3. The Morgan fingerprint density at radius 3 is 2.62 bits per heavy atom. The van der Waals surface area contributed by atoms with Gasteiger partial charge in [-0.15, -0.1) is 0 Å². The second-order valence-electron chi connectivity index (χ2n) is 5.05. The standard InChI is InChI=1S/C18H18N2O/c1-13(14-5-8-17(21-2)9-6-14)20-16-7-10-18-15(12-16)4-3-11-19-18/h3-13,20H,1-2H3. The molecule has 1 aromatic heterocycles. The second-order valence-corrected chi connectivity index (χ2v) is 5.05. The lowest BCUT2D eigenvalue weighted by Crippen LogP contribution is -2.06. The summed E-state index contributed by atoms with van der Waals surface area (Å²) in [7, 11) is 1.68.